The first-order valence-electron chi connectivity index (χ1n) is 10.6. The Balaban J connectivity index is 1.55. The Labute approximate surface area is 192 Å². The van der Waals surface area contributed by atoms with Gasteiger partial charge in [-0.05, 0) is 47.5 Å². The van der Waals surface area contributed by atoms with Crippen molar-refractivity contribution in [3.8, 4) is 39.9 Å². The molecule has 6 rings (SSSR count). The van der Waals surface area contributed by atoms with Crippen LogP contribution < -0.4 is 24.4 Å². The van der Waals surface area contributed by atoms with Gasteiger partial charge in [0.15, 0.2) is 11.5 Å². The molecule has 0 unspecified atom stereocenters. The van der Waals surface area contributed by atoms with Crippen LogP contribution in [0.4, 0.5) is 0 Å². The average Bonchev–Trinajstić information content (AvgIpc) is 3.32. The quantitative estimate of drug-likeness (QED) is 0.357. The maximum Gasteiger partial charge on any atom is 0.312 e. The molecule has 8 heteroatoms. The van der Waals surface area contributed by atoms with E-state index in [0.29, 0.717) is 50.7 Å². The number of esters is 1. The van der Waals surface area contributed by atoms with Gasteiger partial charge in [0.25, 0.3) is 0 Å². The van der Waals surface area contributed by atoms with E-state index in [0.717, 1.165) is 5.56 Å². The first-order valence-corrected chi connectivity index (χ1v) is 10.6. The molecule has 1 N–H and O–H groups in total. The van der Waals surface area contributed by atoms with E-state index in [1.807, 2.05) is 0 Å². The van der Waals surface area contributed by atoms with Crippen LogP contribution in [0.25, 0.3) is 22.1 Å². The monoisotopic (exact) mass is 458 g/mol. The third-order valence-electron chi connectivity index (χ3n) is 6.14. The highest BCUT2D eigenvalue weighted by Gasteiger charge is 2.34. The van der Waals surface area contributed by atoms with Gasteiger partial charge in [0.05, 0.1) is 24.5 Å². The van der Waals surface area contributed by atoms with E-state index in [-0.39, 0.29) is 24.4 Å². The van der Waals surface area contributed by atoms with E-state index in [9.17, 15) is 14.7 Å². The molecular formula is C26H18O8. The number of phenolic OH excluding ortho intramolecular Hbond substituents is 1. The molecule has 2 aliphatic rings. The predicted molar refractivity (Wildman–Crippen MR) is 121 cm³/mol. The van der Waals surface area contributed by atoms with Gasteiger partial charge < -0.3 is 28.5 Å². The third kappa shape index (κ3) is 3.07. The summed E-state index contributed by atoms with van der Waals surface area (Å²) >= 11 is 0. The smallest absolute Gasteiger partial charge is 0.312 e. The molecule has 34 heavy (non-hydrogen) atoms. The first kappa shape index (κ1) is 20.2. The van der Waals surface area contributed by atoms with E-state index < -0.39 is 11.9 Å². The van der Waals surface area contributed by atoms with Crippen LogP contribution >= 0.6 is 0 Å². The molecule has 3 heterocycles. The molecule has 170 valence electrons. The molecule has 0 saturated heterocycles. The number of hydrogen-bond acceptors (Lipinski definition) is 8. The Bertz CT molecular complexity index is 1520. The minimum Gasteiger partial charge on any atom is -0.508 e. The van der Waals surface area contributed by atoms with Crippen molar-refractivity contribution >= 4 is 16.9 Å². The fraction of sp³-hybridized carbons (Fsp3) is 0.154. The Morgan fingerprint density at radius 3 is 2.62 bits per heavy atom. The Hall–Kier alpha value is -4.46. The Kier molecular flexibility index (Phi) is 4.48. The van der Waals surface area contributed by atoms with Crippen LogP contribution in [0.2, 0.25) is 0 Å². The van der Waals surface area contributed by atoms with E-state index >= 15 is 0 Å². The molecule has 0 spiro atoms. The van der Waals surface area contributed by atoms with Gasteiger partial charge in [-0.3, -0.25) is 9.59 Å². The molecular weight excluding hydrogens is 440 g/mol. The summed E-state index contributed by atoms with van der Waals surface area (Å²) < 4.78 is 28.0. The van der Waals surface area contributed by atoms with Gasteiger partial charge in [-0.15, -0.1) is 0 Å². The Morgan fingerprint density at radius 2 is 1.82 bits per heavy atom. The number of aromatic hydroxyl groups is 1. The minimum atomic E-state index is -0.453. The van der Waals surface area contributed by atoms with Crippen molar-refractivity contribution in [2.45, 2.75) is 12.3 Å². The van der Waals surface area contributed by atoms with Crippen molar-refractivity contribution in [3.05, 3.63) is 76.1 Å². The van der Waals surface area contributed by atoms with E-state index in [1.54, 1.807) is 36.4 Å². The fourth-order valence-corrected chi connectivity index (χ4v) is 4.53. The van der Waals surface area contributed by atoms with Crippen LogP contribution in [-0.2, 0) is 4.79 Å². The summed E-state index contributed by atoms with van der Waals surface area (Å²) in [7, 11) is 1.53. The summed E-state index contributed by atoms with van der Waals surface area (Å²) in [5.41, 5.74) is 2.45. The highest BCUT2D eigenvalue weighted by atomic mass is 16.7. The number of phenols is 1. The van der Waals surface area contributed by atoms with Crippen LogP contribution in [0.3, 0.4) is 0 Å². The third-order valence-corrected chi connectivity index (χ3v) is 6.14. The zero-order chi connectivity index (χ0) is 23.4. The fourth-order valence-electron chi connectivity index (χ4n) is 4.53. The highest BCUT2D eigenvalue weighted by Crippen LogP contribution is 2.48. The van der Waals surface area contributed by atoms with Crippen molar-refractivity contribution in [3.63, 3.8) is 0 Å². The molecule has 2 aliphatic heterocycles. The lowest BCUT2D eigenvalue weighted by Gasteiger charge is -2.26. The van der Waals surface area contributed by atoms with Crippen molar-refractivity contribution < 1.29 is 33.3 Å². The minimum absolute atomic E-state index is 0.0539. The maximum atomic E-state index is 13.4. The lowest BCUT2D eigenvalue weighted by Crippen LogP contribution is -2.22. The second-order valence-electron chi connectivity index (χ2n) is 8.07. The largest absolute Gasteiger partial charge is 0.508 e. The zero-order valence-corrected chi connectivity index (χ0v) is 18.0. The van der Waals surface area contributed by atoms with Crippen LogP contribution in [0, 0.1) is 0 Å². The highest BCUT2D eigenvalue weighted by molar-refractivity contribution is 5.90. The van der Waals surface area contributed by atoms with Crippen LogP contribution in [0.5, 0.6) is 28.7 Å². The molecule has 0 bridgehead atoms. The molecule has 3 aromatic carbocycles. The second-order valence-corrected chi connectivity index (χ2v) is 8.07. The number of methoxy groups -OCH3 is 1. The number of benzene rings is 3. The summed E-state index contributed by atoms with van der Waals surface area (Å²) in [5.74, 6) is 1.11. The van der Waals surface area contributed by atoms with Gasteiger partial charge in [-0.2, -0.15) is 0 Å². The lowest BCUT2D eigenvalue weighted by atomic mass is 9.85. The summed E-state index contributed by atoms with van der Waals surface area (Å²) in [6, 6.07) is 13.1. The van der Waals surface area contributed by atoms with Gasteiger partial charge >= 0.3 is 5.97 Å². The molecule has 0 fully saturated rings. The van der Waals surface area contributed by atoms with Crippen molar-refractivity contribution in [2.75, 3.05) is 13.9 Å². The summed E-state index contributed by atoms with van der Waals surface area (Å²) in [5, 5.41) is 9.92. The standard InChI is InChI=1S/C26H18O8/c1-30-20-8-14(9-21-26(20)33-12-32-21)17-10-22(28)34-19-7-6-16-24(29)18(11-31-25(16)23(17)19)13-2-4-15(27)5-3-13/h2-9,11,17,27H,10,12H2,1H3/t17-/m0/s1. The number of rotatable bonds is 3. The molecule has 1 aromatic heterocycles. The molecule has 4 aromatic rings. The van der Waals surface area contributed by atoms with Gasteiger partial charge in [-0.1, -0.05) is 12.1 Å². The van der Waals surface area contributed by atoms with Crippen LogP contribution in [-0.4, -0.2) is 25.0 Å². The Morgan fingerprint density at radius 1 is 1.00 bits per heavy atom. The summed E-state index contributed by atoms with van der Waals surface area (Å²) in [6.07, 6.45) is 1.45. The predicted octanol–water partition coefficient (Wildman–Crippen LogP) is 4.34. The number of ether oxygens (including phenoxy) is 4. The molecule has 8 nitrogen and oxygen atoms in total. The van der Waals surface area contributed by atoms with E-state index in [2.05, 4.69) is 0 Å². The van der Waals surface area contributed by atoms with Gasteiger partial charge in [0.1, 0.15) is 23.3 Å². The number of carbonyl (C=O) groups is 1. The van der Waals surface area contributed by atoms with Gasteiger partial charge in [-0.25, -0.2) is 0 Å². The molecule has 0 radical (unpaired) electrons. The molecule has 1 atom stereocenters. The molecule has 0 amide bonds. The topological polar surface area (TPSA) is 104 Å². The second kappa shape index (κ2) is 7.55. The number of fused-ring (bicyclic) bond motifs is 4. The van der Waals surface area contributed by atoms with Crippen molar-refractivity contribution in [1.29, 1.82) is 0 Å². The van der Waals surface area contributed by atoms with E-state index in [1.165, 1.54) is 25.5 Å². The first-order chi connectivity index (χ1) is 16.5. The SMILES string of the molecule is COc1cc([C@@H]2CC(=O)Oc3ccc4c(=O)c(-c5ccc(O)cc5)coc4c32)cc2c1OCO2. The molecule has 0 aliphatic carbocycles. The number of carbonyl (C=O) groups excluding carboxylic acids is 1. The van der Waals surface area contributed by atoms with Gasteiger partial charge in [0, 0.05) is 11.5 Å². The van der Waals surface area contributed by atoms with Crippen LogP contribution in [0.1, 0.15) is 23.5 Å². The lowest BCUT2D eigenvalue weighted by molar-refractivity contribution is -0.135. The summed E-state index contributed by atoms with van der Waals surface area (Å²) in [4.78, 5) is 25.8. The van der Waals surface area contributed by atoms with Crippen molar-refractivity contribution in [2.24, 2.45) is 0 Å². The van der Waals surface area contributed by atoms with Gasteiger partial charge in [0.2, 0.25) is 18.0 Å². The van der Waals surface area contributed by atoms with E-state index in [4.69, 9.17) is 23.4 Å². The normalized spacial score (nSPS) is 16.3. The summed E-state index contributed by atoms with van der Waals surface area (Å²) in [6.45, 7) is 0.0796. The number of hydrogen-bond donors (Lipinski definition) is 1. The van der Waals surface area contributed by atoms with Crippen LogP contribution in [0.15, 0.2) is 64.0 Å². The zero-order valence-electron chi connectivity index (χ0n) is 18.0. The van der Waals surface area contributed by atoms with Crippen molar-refractivity contribution in [1.82, 2.24) is 0 Å². The average molecular weight is 458 g/mol. The molecule has 0 saturated carbocycles. The maximum absolute atomic E-state index is 13.4.